The number of hydrogen-bond acceptors (Lipinski definition) is 3. The average Bonchev–Trinajstić information content (AvgIpc) is 2.39. The van der Waals surface area contributed by atoms with E-state index in [1.807, 2.05) is 39.1 Å². The van der Waals surface area contributed by atoms with Crippen LogP contribution in [-0.4, -0.2) is 26.3 Å². The fraction of sp³-hybridized carbons (Fsp3) is 0.500. The summed E-state index contributed by atoms with van der Waals surface area (Å²) in [6.07, 6.45) is 2.26. The molecule has 0 bridgehead atoms. The Kier molecular flexibility index (Phi) is 5.90. The van der Waals surface area contributed by atoms with Gasteiger partial charge in [0, 0.05) is 11.6 Å². The number of hydrogen-bond donors (Lipinski definition) is 1. The van der Waals surface area contributed by atoms with E-state index in [2.05, 4.69) is 25.2 Å². The van der Waals surface area contributed by atoms with Crippen LogP contribution in [0.5, 0.6) is 11.5 Å². The summed E-state index contributed by atoms with van der Waals surface area (Å²) < 4.78 is 11.3. The summed E-state index contributed by atoms with van der Waals surface area (Å²) in [6.45, 7) is 8.28. The van der Waals surface area contributed by atoms with Gasteiger partial charge in [0.2, 0.25) is 0 Å². The Morgan fingerprint density at radius 1 is 1.26 bits per heavy atom. The summed E-state index contributed by atoms with van der Waals surface area (Å²) in [4.78, 5) is 0. The first kappa shape index (κ1) is 15.6. The lowest BCUT2D eigenvalue weighted by Crippen LogP contribution is -2.22. The highest BCUT2D eigenvalue weighted by molar-refractivity contribution is 5.64. The van der Waals surface area contributed by atoms with Crippen LogP contribution in [0.4, 0.5) is 0 Å². The third-order valence-corrected chi connectivity index (χ3v) is 3.08. The Bertz CT molecular complexity index is 438. The van der Waals surface area contributed by atoms with Gasteiger partial charge >= 0.3 is 0 Å². The van der Waals surface area contributed by atoms with E-state index in [0.717, 1.165) is 17.1 Å². The zero-order valence-electron chi connectivity index (χ0n) is 12.8. The predicted octanol–water partition coefficient (Wildman–Crippen LogP) is 3.49. The van der Waals surface area contributed by atoms with E-state index in [0.29, 0.717) is 6.04 Å². The molecule has 0 amide bonds. The van der Waals surface area contributed by atoms with Gasteiger partial charge in [-0.2, -0.15) is 0 Å². The first-order valence-corrected chi connectivity index (χ1v) is 6.68. The molecular weight excluding hydrogens is 238 g/mol. The Morgan fingerprint density at radius 3 is 2.47 bits per heavy atom. The molecule has 1 unspecified atom stereocenters. The summed E-state index contributed by atoms with van der Waals surface area (Å²) in [7, 11) is 3.62. The molecule has 0 fully saturated rings. The summed E-state index contributed by atoms with van der Waals surface area (Å²) >= 11 is 0. The lowest BCUT2D eigenvalue weighted by Gasteiger charge is -2.17. The molecule has 1 atom stereocenters. The van der Waals surface area contributed by atoms with Gasteiger partial charge in [-0.25, -0.2) is 0 Å². The number of ether oxygens (including phenoxy) is 2. The van der Waals surface area contributed by atoms with Crippen LogP contribution in [0.2, 0.25) is 0 Å². The van der Waals surface area contributed by atoms with Gasteiger partial charge < -0.3 is 14.8 Å². The van der Waals surface area contributed by atoms with Gasteiger partial charge in [-0.15, -0.1) is 0 Å². The molecule has 1 aromatic carbocycles. The van der Waals surface area contributed by atoms with Crippen molar-refractivity contribution in [2.75, 3.05) is 14.2 Å². The van der Waals surface area contributed by atoms with Gasteiger partial charge in [-0.1, -0.05) is 23.8 Å². The lowest BCUT2D eigenvalue weighted by atomic mass is 10.1. The van der Waals surface area contributed by atoms with E-state index in [1.54, 1.807) is 7.11 Å². The van der Waals surface area contributed by atoms with Gasteiger partial charge in [0.1, 0.15) is 0 Å². The van der Waals surface area contributed by atoms with E-state index in [4.69, 9.17) is 9.47 Å². The third-order valence-electron chi connectivity index (χ3n) is 3.08. The van der Waals surface area contributed by atoms with Gasteiger partial charge in [0.25, 0.3) is 0 Å². The van der Waals surface area contributed by atoms with Crippen LogP contribution in [0.15, 0.2) is 23.8 Å². The summed E-state index contributed by atoms with van der Waals surface area (Å²) in [5, 5.41) is 3.23. The highest BCUT2D eigenvalue weighted by Gasteiger charge is 2.11. The van der Waals surface area contributed by atoms with Crippen molar-refractivity contribution in [2.45, 2.75) is 39.8 Å². The molecule has 0 saturated carbocycles. The standard InChI is InChI=1S/C16H25NO2/c1-11(2)19-16-14(8-7-9-15(16)18-6)10-12(3)13(4)17-5/h7-11,13,17H,1-6H3/b12-10+. The molecule has 106 valence electrons. The minimum absolute atomic E-state index is 0.116. The number of methoxy groups -OCH3 is 1. The van der Waals surface area contributed by atoms with Crippen molar-refractivity contribution < 1.29 is 9.47 Å². The summed E-state index contributed by atoms with van der Waals surface area (Å²) in [5.74, 6) is 1.58. The fourth-order valence-electron chi connectivity index (χ4n) is 1.77. The normalized spacial score (nSPS) is 13.5. The molecular formula is C16H25NO2. The van der Waals surface area contributed by atoms with Crippen LogP contribution in [0.3, 0.4) is 0 Å². The summed E-state index contributed by atoms with van der Waals surface area (Å²) in [6, 6.07) is 6.28. The topological polar surface area (TPSA) is 30.5 Å². The number of para-hydroxylation sites is 1. The van der Waals surface area contributed by atoms with Crippen molar-refractivity contribution in [3.63, 3.8) is 0 Å². The van der Waals surface area contributed by atoms with Crippen molar-refractivity contribution in [2.24, 2.45) is 0 Å². The number of benzene rings is 1. The molecule has 1 rings (SSSR count). The SMILES string of the molecule is CNC(C)/C(C)=C/c1cccc(OC)c1OC(C)C. The van der Waals surface area contributed by atoms with E-state index in [-0.39, 0.29) is 6.10 Å². The minimum atomic E-state index is 0.116. The van der Waals surface area contributed by atoms with Gasteiger partial charge in [-0.3, -0.25) is 0 Å². The number of nitrogens with one attached hydrogen (secondary N) is 1. The van der Waals surface area contributed by atoms with Gasteiger partial charge in [0.05, 0.1) is 13.2 Å². The van der Waals surface area contributed by atoms with Crippen molar-refractivity contribution in [3.05, 3.63) is 29.3 Å². The maximum atomic E-state index is 5.89. The van der Waals surface area contributed by atoms with Crippen molar-refractivity contribution >= 4 is 6.08 Å². The molecule has 0 aliphatic carbocycles. The van der Waals surface area contributed by atoms with Crippen molar-refractivity contribution in [1.82, 2.24) is 5.32 Å². The molecule has 0 saturated heterocycles. The maximum Gasteiger partial charge on any atom is 0.168 e. The Hall–Kier alpha value is -1.48. The zero-order valence-corrected chi connectivity index (χ0v) is 12.8. The molecule has 3 nitrogen and oxygen atoms in total. The highest BCUT2D eigenvalue weighted by atomic mass is 16.5. The van der Waals surface area contributed by atoms with Gasteiger partial charge in [-0.05, 0) is 40.8 Å². The summed E-state index contributed by atoms with van der Waals surface area (Å²) in [5.41, 5.74) is 2.30. The number of likely N-dealkylation sites (N-methyl/N-ethyl adjacent to an activating group) is 1. The molecule has 0 aliphatic heterocycles. The molecule has 0 aromatic heterocycles. The molecule has 19 heavy (non-hydrogen) atoms. The van der Waals surface area contributed by atoms with Gasteiger partial charge in [0.15, 0.2) is 11.5 Å². The molecule has 3 heteroatoms. The maximum absolute atomic E-state index is 5.89. The molecule has 0 radical (unpaired) electrons. The van der Waals surface area contributed by atoms with Crippen LogP contribution in [0.1, 0.15) is 33.3 Å². The molecule has 0 aliphatic rings. The third kappa shape index (κ3) is 4.28. The largest absolute Gasteiger partial charge is 0.493 e. The molecule has 0 spiro atoms. The lowest BCUT2D eigenvalue weighted by molar-refractivity contribution is 0.229. The second-order valence-corrected chi connectivity index (χ2v) is 4.94. The van der Waals surface area contributed by atoms with Crippen molar-refractivity contribution in [1.29, 1.82) is 0 Å². The Balaban J connectivity index is 3.19. The molecule has 1 N–H and O–H groups in total. The van der Waals surface area contributed by atoms with Crippen LogP contribution >= 0.6 is 0 Å². The highest BCUT2D eigenvalue weighted by Crippen LogP contribution is 2.33. The zero-order chi connectivity index (χ0) is 14.4. The van der Waals surface area contributed by atoms with E-state index < -0.39 is 0 Å². The van der Waals surface area contributed by atoms with E-state index >= 15 is 0 Å². The minimum Gasteiger partial charge on any atom is -0.493 e. The molecule has 1 aromatic rings. The van der Waals surface area contributed by atoms with E-state index in [9.17, 15) is 0 Å². The van der Waals surface area contributed by atoms with Crippen molar-refractivity contribution in [3.8, 4) is 11.5 Å². The van der Waals surface area contributed by atoms with E-state index in [1.165, 1.54) is 5.57 Å². The second kappa shape index (κ2) is 7.19. The first-order chi connectivity index (χ1) is 8.99. The average molecular weight is 263 g/mol. The van der Waals surface area contributed by atoms with Crippen LogP contribution in [-0.2, 0) is 0 Å². The van der Waals surface area contributed by atoms with Crippen LogP contribution < -0.4 is 14.8 Å². The molecule has 0 heterocycles. The smallest absolute Gasteiger partial charge is 0.168 e. The Morgan fingerprint density at radius 2 is 1.95 bits per heavy atom. The monoisotopic (exact) mass is 263 g/mol. The van der Waals surface area contributed by atoms with Crippen LogP contribution in [0.25, 0.3) is 6.08 Å². The first-order valence-electron chi connectivity index (χ1n) is 6.68. The number of rotatable bonds is 6. The quantitative estimate of drug-likeness (QED) is 0.852. The second-order valence-electron chi connectivity index (χ2n) is 4.94. The Labute approximate surface area is 116 Å². The van der Waals surface area contributed by atoms with Crippen LogP contribution in [0, 0.1) is 0 Å². The predicted molar refractivity (Wildman–Crippen MR) is 80.9 cm³/mol. The fourth-order valence-corrected chi connectivity index (χ4v) is 1.77.